The molecule has 0 aromatic heterocycles. The average molecular weight is 264 g/mol. The van der Waals surface area contributed by atoms with E-state index >= 15 is 0 Å². The van der Waals surface area contributed by atoms with Gasteiger partial charge in [0.05, 0.1) is 19.8 Å². The minimum Gasteiger partial charge on any atom is -0.496 e. The Morgan fingerprint density at radius 1 is 1.47 bits per heavy atom. The van der Waals surface area contributed by atoms with Crippen molar-refractivity contribution in [1.82, 2.24) is 4.90 Å². The Hall–Kier alpha value is -1.10. The first kappa shape index (κ1) is 14.3. The maximum absolute atomic E-state index is 9.53. The van der Waals surface area contributed by atoms with Crippen LogP contribution in [0.25, 0.3) is 0 Å². The highest BCUT2D eigenvalue weighted by molar-refractivity contribution is 5.37. The molecule has 2 rings (SSSR count). The molecule has 0 radical (unpaired) electrons. The lowest BCUT2D eigenvalue weighted by atomic mass is 9.97. The zero-order valence-electron chi connectivity index (χ0n) is 11.7. The first-order chi connectivity index (χ1) is 9.19. The molecule has 1 aromatic rings. The quantitative estimate of drug-likeness (QED) is 0.847. The maximum Gasteiger partial charge on any atom is 0.123 e. The molecular weight excluding hydrogens is 240 g/mol. The predicted octanol–water partition coefficient (Wildman–Crippen LogP) is 1.54. The standard InChI is InChI=1S/C15H24N2O2/c1-11(16)15(17-9-5-6-12(17)10-18)13-7-3-4-8-14(13)19-2/h3-4,7-8,11-12,15,18H,5-6,9-10,16H2,1-2H3. The molecule has 4 heteroatoms. The fourth-order valence-corrected chi connectivity index (χ4v) is 3.09. The van der Waals surface area contributed by atoms with Crippen LogP contribution in [-0.4, -0.2) is 42.4 Å². The SMILES string of the molecule is COc1ccccc1C(C(C)N)N1CCCC1CO. The Morgan fingerprint density at radius 2 is 2.21 bits per heavy atom. The second-order valence-corrected chi connectivity index (χ2v) is 5.26. The summed E-state index contributed by atoms with van der Waals surface area (Å²) in [4.78, 5) is 2.32. The van der Waals surface area contributed by atoms with Gasteiger partial charge in [-0.1, -0.05) is 18.2 Å². The van der Waals surface area contributed by atoms with Gasteiger partial charge in [-0.15, -0.1) is 0 Å². The molecule has 0 saturated carbocycles. The molecule has 1 saturated heterocycles. The molecule has 1 fully saturated rings. The summed E-state index contributed by atoms with van der Waals surface area (Å²) in [6.45, 7) is 3.19. The molecule has 3 N–H and O–H groups in total. The highest BCUT2D eigenvalue weighted by Gasteiger charge is 2.34. The molecule has 106 valence electrons. The summed E-state index contributed by atoms with van der Waals surface area (Å²) >= 11 is 0. The van der Waals surface area contributed by atoms with E-state index < -0.39 is 0 Å². The van der Waals surface area contributed by atoms with Crippen molar-refractivity contribution in [3.8, 4) is 5.75 Å². The van der Waals surface area contributed by atoms with E-state index in [0.29, 0.717) is 0 Å². The number of hydrogen-bond acceptors (Lipinski definition) is 4. The van der Waals surface area contributed by atoms with Gasteiger partial charge in [0.1, 0.15) is 5.75 Å². The van der Waals surface area contributed by atoms with Crippen molar-refractivity contribution in [3.05, 3.63) is 29.8 Å². The van der Waals surface area contributed by atoms with Crippen LogP contribution in [-0.2, 0) is 0 Å². The number of nitrogens with zero attached hydrogens (tertiary/aromatic N) is 1. The Balaban J connectivity index is 2.34. The molecule has 3 atom stereocenters. The van der Waals surface area contributed by atoms with Crippen LogP contribution in [0.15, 0.2) is 24.3 Å². The van der Waals surface area contributed by atoms with Gasteiger partial charge in [0.2, 0.25) is 0 Å². The summed E-state index contributed by atoms with van der Waals surface area (Å²) < 4.78 is 5.46. The van der Waals surface area contributed by atoms with Crippen molar-refractivity contribution in [3.63, 3.8) is 0 Å². The predicted molar refractivity (Wildman–Crippen MR) is 76.2 cm³/mol. The van der Waals surface area contributed by atoms with Gasteiger partial charge in [0.25, 0.3) is 0 Å². The molecule has 0 aliphatic carbocycles. The molecule has 3 unspecified atom stereocenters. The first-order valence-corrected chi connectivity index (χ1v) is 6.94. The van der Waals surface area contributed by atoms with Crippen molar-refractivity contribution in [1.29, 1.82) is 0 Å². The smallest absolute Gasteiger partial charge is 0.123 e. The van der Waals surface area contributed by atoms with Crippen LogP contribution in [0.3, 0.4) is 0 Å². The fraction of sp³-hybridized carbons (Fsp3) is 0.600. The van der Waals surface area contributed by atoms with Crippen LogP contribution in [0.1, 0.15) is 31.4 Å². The largest absolute Gasteiger partial charge is 0.496 e. The Kier molecular flexibility index (Phi) is 4.80. The van der Waals surface area contributed by atoms with E-state index in [1.54, 1.807) is 7.11 Å². The number of nitrogens with two attached hydrogens (primary N) is 1. The number of aliphatic hydroxyl groups is 1. The van der Waals surface area contributed by atoms with E-state index in [9.17, 15) is 5.11 Å². The molecule has 1 heterocycles. The minimum atomic E-state index is -0.0107. The molecule has 1 aliphatic rings. The third-order valence-electron chi connectivity index (χ3n) is 3.95. The van der Waals surface area contributed by atoms with Crippen molar-refractivity contribution >= 4 is 0 Å². The summed E-state index contributed by atoms with van der Waals surface area (Å²) in [7, 11) is 1.69. The number of aliphatic hydroxyl groups excluding tert-OH is 1. The van der Waals surface area contributed by atoms with Crippen molar-refractivity contribution in [2.45, 2.75) is 37.9 Å². The number of para-hydroxylation sites is 1. The molecule has 0 amide bonds. The average Bonchev–Trinajstić information content (AvgIpc) is 2.87. The van der Waals surface area contributed by atoms with Gasteiger partial charge < -0.3 is 15.6 Å². The zero-order chi connectivity index (χ0) is 13.8. The summed E-state index contributed by atoms with van der Waals surface area (Å²) in [6.07, 6.45) is 2.15. The minimum absolute atomic E-state index is 0.0107. The van der Waals surface area contributed by atoms with Crippen LogP contribution in [0.5, 0.6) is 5.75 Å². The van der Waals surface area contributed by atoms with E-state index in [-0.39, 0.29) is 24.7 Å². The van der Waals surface area contributed by atoms with Gasteiger partial charge in [0.15, 0.2) is 0 Å². The lowest BCUT2D eigenvalue weighted by Crippen LogP contribution is -2.43. The topological polar surface area (TPSA) is 58.7 Å². The van der Waals surface area contributed by atoms with Gasteiger partial charge in [-0.2, -0.15) is 0 Å². The molecule has 19 heavy (non-hydrogen) atoms. The second kappa shape index (κ2) is 6.37. The normalized spacial score (nSPS) is 23.3. The summed E-state index contributed by atoms with van der Waals surface area (Å²) in [5.41, 5.74) is 7.32. The maximum atomic E-state index is 9.53. The number of ether oxygens (including phenoxy) is 1. The number of hydrogen-bond donors (Lipinski definition) is 2. The van der Waals surface area contributed by atoms with Gasteiger partial charge in [-0.25, -0.2) is 0 Å². The highest BCUT2D eigenvalue weighted by Crippen LogP contribution is 2.35. The number of benzene rings is 1. The summed E-state index contributed by atoms with van der Waals surface area (Å²) in [6, 6.07) is 8.31. The lowest BCUT2D eigenvalue weighted by Gasteiger charge is -2.35. The molecular formula is C15H24N2O2. The monoisotopic (exact) mass is 264 g/mol. The van der Waals surface area contributed by atoms with E-state index in [4.69, 9.17) is 10.5 Å². The van der Waals surface area contributed by atoms with Crippen LogP contribution in [0.4, 0.5) is 0 Å². The van der Waals surface area contributed by atoms with Crippen LogP contribution >= 0.6 is 0 Å². The van der Waals surface area contributed by atoms with E-state index in [0.717, 1.165) is 30.7 Å². The molecule has 0 bridgehead atoms. The summed E-state index contributed by atoms with van der Waals surface area (Å²) in [5.74, 6) is 0.869. The second-order valence-electron chi connectivity index (χ2n) is 5.26. The van der Waals surface area contributed by atoms with E-state index in [1.165, 1.54) is 0 Å². The van der Waals surface area contributed by atoms with Gasteiger partial charge in [-0.3, -0.25) is 4.90 Å². The number of methoxy groups -OCH3 is 1. The molecule has 1 aliphatic heterocycles. The van der Waals surface area contributed by atoms with Gasteiger partial charge in [0, 0.05) is 17.6 Å². The van der Waals surface area contributed by atoms with Gasteiger partial charge in [-0.05, 0) is 32.4 Å². The molecule has 1 aromatic carbocycles. The fourth-order valence-electron chi connectivity index (χ4n) is 3.09. The van der Waals surface area contributed by atoms with Gasteiger partial charge >= 0.3 is 0 Å². The number of likely N-dealkylation sites (tertiary alicyclic amines) is 1. The highest BCUT2D eigenvalue weighted by atomic mass is 16.5. The molecule has 4 nitrogen and oxygen atoms in total. The van der Waals surface area contributed by atoms with Crippen molar-refractivity contribution in [2.24, 2.45) is 5.73 Å². The zero-order valence-corrected chi connectivity index (χ0v) is 11.7. The summed E-state index contributed by atoms with van der Waals surface area (Å²) in [5, 5.41) is 9.53. The Morgan fingerprint density at radius 3 is 2.84 bits per heavy atom. The van der Waals surface area contributed by atoms with Crippen molar-refractivity contribution < 1.29 is 9.84 Å². The third-order valence-corrected chi connectivity index (χ3v) is 3.95. The third kappa shape index (κ3) is 2.91. The van der Waals surface area contributed by atoms with E-state index in [2.05, 4.69) is 11.0 Å². The molecule has 0 spiro atoms. The van der Waals surface area contributed by atoms with Crippen LogP contribution in [0.2, 0.25) is 0 Å². The lowest BCUT2D eigenvalue weighted by molar-refractivity contribution is 0.106. The van der Waals surface area contributed by atoms with E-state index in [1.807, 2.05) is 25.1 Å². The van der Waals surface area contributed by atoms with Crippen LogP contribution in [0, 0.1) is 0 Å². The van der Waals surface area contributed by atoms with Crippen LogP contribution < -0.4 is 10.5 Å². The first-order valence-electron chi connectivity index (χ1n) is 6.94. The van der Waals surface area contributed by atoms with Crippen molar-refractivity contribution in [2.75, 3.05) is 20.3 Å². The Bertz CT molecular complexity index is 409. The number of rotatable bonds is 5. The Labute approximate surface area is 115 Å².